The largest absolute Gasteiger partial charge is 0.492 e. The molecule has 5 aromatic heterocycles. The fourth-order valence-electron chi connectivity index (χ4n) is 6.11. The standard InChI is InChI=1S/C36H37FN8O2/c1-36(2,3)18-33(46)41-25-13-23(19-38-20-25)30-16-28-32(21-40-30)43-44-35(28)31-17-27-29(42-31)6-7-39-34(27)22-12-24(37)15-26(14-22)47-11-10-45-8-4-5-9-45/h6-7,12-17,19-21,42H,4-5,8-11,18H2,1-3H3,(H,41,46)(H,43,44). The van der Waals surface area contributed by atoms with Gasteiger partial charge in [0.2, 0.25) is 5.91 Å². The highest BCUT2D eigenvalue weighted by Crippen LogP contribution is 2.35. The third-order valence-corrected chi connectivity index (χ3v) is 8.28. The third-order valence-electron chi connectivity index (χ3n) is 8.28. The van der Waals surface area contributed by atoms with Crippen LogP contribution in [0.5, 0.6) is 5.75 Å². The van der Waals surface area contributed by atoms with Crippen LogP contribution in [0.1, 0.15) is 40.0 Å². The Labute approximate surface area is 271 Å². The van der Waals surface area contributed by atoms with Crippen LogP contribution in [-0.2, 0) is 4.79 Å². The number of nitrogens with zero attached hydrogens (tertiary/aromatic N) is 5. The van der Waals surface area contributed by atoms with Gasteiger partial charge in [0.15, 0.2) is 0 Å². The monoisotopic (exact) mass is 632 g/mol. The van der Waals surface area contributed by atoms with Crippen LogP contribution in [0.25, 0.3) is 55.7 Å². The molecule has 47 heavy (non-hydrogen) atoms. The van der Waals surface area contributed by atoms with Gasteiger partial charge in [-0.15, -0.1) is 0 Å². The van der Waals surface area contributed by atoms with E-state index >= 15 is 0 Å². The molecule has 6 heterocycles. The normalized spacial score (nSPS) is 13.9. The lowest BCUT2D eigenvalue weighted by Crippen LogP contribution is -2.25. The number of likely N-dealkylation sites (tertiary alicyclic amines) is 1. The van der Waals surface area contributed by atoms with Crippen molar-refractivity contribution >= 4 is 33.4 Å². The number of nitrogens with one attached hydrogen (secondary N) is 3. The summed E-state index contributed by atoms with van der Waals surface area (Å²) in [6.45, 7) is 9.58. The van der Waals surface area contributed by atoms with Gasteiger partial charge in [0, 0.05) is 58.8 Å². The molecule has 0 spiro atoms. The van der Waals surface area contributed by atoms with Crippen LogP contribution in [0.4, 0.5) is 10.1 Å². The van der Waals surface area contributed by atoms with Crippen LogP contribution < -0.4 is 10.1 Å². The molecule has 1 aliphatic rings. The first-order chi connectivity index (χ1) is 22.7. The minimum atomic E-state index is -0.376. The molecule has 240 valence electrons. The number of carbonyl (C=O) groups excluding carboxylic acids is 1. The van der Waals surface area contributed by atoms with Gasteiger partial charge in [-0.25, -0.2) is 4.39 Å². The number of pyridine rings is 3. The number of aromatic amines is 2. The molecule has 0 bridgehead atoms. The van der Waals surface area contributed by atoms with E-state index in [0.717, 1.165) is 52.7 Å². The second kappa shape index (κ2) is 12.6. The lowest BCUT2D eigenvalue weighted by atomic mass is 9.92. The number of fused-ring (bicyclic) bond motifs is 2. The van der Waals surface area contributed by atoms with Crippen molar-refractivity contribution in [1.29, 1.82) is 0 Å². The van der Waals surface area contributed by atoms with Crippen LogP contribution in [0.3, 0.4) is 0 Å². The lowest BCUT2D eigenvalue weighted by Gasteiger charge is -2.17. The van der Waals surface area contributed by atoms with E-state index in [1.807, 2.05) is 51.1 Å². The number of hydrogen-bond donors (Lipinski definition) is 3. The van der Waals surface area contributed by atoms with Crippen molar-refractivity contribution in [2.24, 2.45) is 5.41 Å². The summed E-state index contributed by atoms with van der Waals surface area (Å²) in [5.74, 6) is 0.0439. The van der Waals surface area contributed by atoms with E-state index in [-0.39, 0.29) is 17.1 Å². The van der Waals surface area contributed by atoms with Gasteiger partial charge in [0.1, 0.15) is 23.9 Å². The Balaban J connectivity index is 1.17. The number of H-pyrrole nitrogens is 2. The van der Waals surface area contributed by atoms with Crippen molar-refractivity contribution < 1.29 is 13.9 Å². The lowest BCUT2D eigenvalue weighted by molar-refractivity contribution is -0.117. The quantitative estimate of drug-likeness (QED) is 0.154. The van der Waals surface area contributed by atoms with Crippen LogP contribution in [0, 0.1) is 11.2 Å². The van der Waals surface area contributed by atoms with Gasteiger partial charge in [-0.3, -0.25) is 29.7 Å². The Hall–Kier alpha value is -5.16. The molecule has 1 saturated heterocycles. The van der Waals surface area contributed by atoms with Crippen LogP contribution in [0.15, 0.2) is 67.3 Å². The highest BCUT2D eigenvalue weighted by molar-refractivity contribution is 6.00. The fraction of sp³-hybridized carbons (Fsp3) is 0.306. The number of rotatable bonds is 9. The van der Waals surface area contributed by atoms with E-state index < -0.39 is 0 Å². The molecule has 1 aliphatic heterocycles. The zero-order valence-corrected chi connectivity index (χ0v) is 26.7. The molecule has 0 saturated carbocycles. The first-order valence-electron chi connectivity index (χ1n) is 15.9. The molecule has 11 heteroatoms. The summed E-state index contributed by atoms with van der Waals surface area (Å²) in [5, 5.41) is 12.3. The Morgan fingerprint density at radius 1 is 0.957 bits per heavy atom. The Morgan fingerprint density at radius 3 is 2.62 bits per heavy atom. The molecule has 10 nitrogen and oxygen atoms in total. The first kappa shape index (κ1) is 30.5. The van der Waals surface area contributed by atoms with Gasteiger partial charge < -0.3 is 15.0 Å². The van der Waals surface area contributed by atoms with Crippen molar-refractivity contribution in [1.82, 2.24) is 35.0 Å². The average Bonchev–Trinajstić information content (AvgIpc) is 3.79. The van der Waals surface area contributed by atoms with E-state index in [9.17, 15) is 9.18 Å². The molecule has 1 fully saturated rings. The molecule has 0 radical (unpaired) electrons. The summed E-state index contributed by atoms with van der Waals surface area (Å²) in [7, 11) is 0. The molecular weight excluding hydrogens is 595 g/mol. The van der Waals surface area contributed by atoms with Gasteiger partial charge in [-0.1, -0.05) is 20.8 Å². The summed E-state index contributed by atoms with van der Waals surface area (Å²) in [5.41, 5.74) is 6.32. The van der Waals surface area contributed by atoms with Gasteiger partial charge in [-0.2, -0.15) is 5.10 Å². The number of amides is 1. The van der Waals surface area contributed by atoms with Gasteiger partial charge in [-0.05, 0) is 67.7 Å². The van der Waals surface area contributed by atoms with Crippen molar-refractivity contribution in [3.63, 3.8) is 0 Å². The van der Waals surface area contributed by atoms with Gasteiger partial charge in [0.05, 0.1) is 40.7 Å². The average molecular weight is 633 g/mol. The van der Waals surface area contributed by atoms with E-state index in [2.05, 4.69) is 40.3 Å². The third kappa shape index (κ3) is 6.85. The summed E-state index contributed by atoms with van der Waals surface area (Å²) >= 11 is 0. The van der Waals surface area contributed by atoms with Gasteiger partial charge >= 0.3 is 0 Å². The van der Waals surface area contributed by atoms with Crippen molar-refractivity contribution in [3.8, 4) is 39.7 Å². The maximum atomic E-state index is 14.8. The maximum Gasteiger partial charge on any atom is 0.224 e. The Bertz CT molecular complexity index is 2070. The van der Waals surface area contributed by atoms with Crippen LogP contribution >= 0.6 is 0 Å². The van der Waals surface area contributed by atoms with Crippen LogP contribution in [-0.4, -0.2) is 67.2 Å². The molecule has 1 amide bonds. The zero-order valence-electron chi connectivity index (χ0n) is 26.7. The number of ether oxygens (including phenoxy) is 1. The highest BCUT2D eigenvalue weighted by atomic mass is 19.1. The number of anilines is 1. The van der Waals surface area contributed by atoms with E-state index in [4.69, 9.17) is 4.74 Å². The SMILES string of the molecule is CC(C)(C)CC(=O)Nc1cncc(-c2cc3c(-c4cc5c(-c6cc(F)cc(OCCN7CCCC7)c6)nccc5[nH]4)n[nH]c3cn2)c1. The number of carbonyl (C=O) groups is 1. The second-order valence-electron chi connectivity index (χ2n) is 13.3. The zero-order chi connectivity index (χ0) is 32.5. The van der Waals surface area contributed by atoms with Crippen molar-refractivity contribution in [2.45, 2.75) is 40.0 Å². The van der Waals surface area contributed by atoms with Crippen molar-refractivity contribution in [2.75, 3.05) is 31.6 Å². The Kier molecular flexibility index (Phi) is 8.15. The molecule has 7 rings (SSSR count). The first-order valence-corrected chi connectivity index (χ1v) is 15.9. The predicted molar refractivity (Wildman–Crippen MR) is 181 cm³/mol. The minimum absolute atomic E-state index is 0.0656. The smallest absolute Gasteiger partial charge is 0.224 e. The number of halogens is 1. The molecule has 3 N–H and O–H groups in total. The highest BCUT2D eigenvalue weighted by Gasteiger charge is 2.19. The fourth-order valence-corrected chi connectivity index (χ4v) is 6.11. The predicted octanol–water partition coefficient (Wildman–Crippen LogP) is 7.22. The molecular formula is C36H37FN8O2. The molecule has 0 unspecified atom stereocenters. The summed E-state index contributed by atoms with van der Waals surface area (Å²) in [6, 6.07) is 12.4. The van der Waals surface area contributed by atoms with Gasteiger partial charge in [0.25, 0.3) is 0 Å². The van der Waals surface area contributed by atoms with E-state index in [0.29, 0.717) is 47.1 Å². The number of aromatic nitrogens is 6. The van der Waals surface area contributed by atoms with E-state index in [1.54, 1.807) is 24.8 Å². The molecule has 0 aliphatic carbocycles. The topological polar surface area (TPSA) is 125 Å². The summed E-state index contributed by atoms with van der Waals surface area (Å²) < 4.78 is 20.8. The molecule has 1 aromatic carbocycles. The minimum Gasteiger partial charge on any atom is -0.492 e. The summed E-state index contributed by atoms with van der Waals surface area (Å²) in [4.78, 5) is 32.0. The summed E-state index contributed by atoms with van der Waals surface area (Å²) in [6.07, 6.45) is 9.63. The second-order valence-corrected chi connectivity index (χ2v) is 13.3. The number of benzene rings is 1. The Morgan fingerprint density at radius 2 is 1.79 bits per heavy atom. The van der Waals surface area contributed by atoms with E-state index in [1.165, 1.54) is 25.0 Å². The van der Waals surface area contributed by atoms with Crippen LogP contribution in [0.2, 0.25) is 0 Å². The number of hydrogen-bond acceptors (Lipinski definition) is 7. The van der Waals surface area contributed by atoms with Crippen molar-refractivity contribution in [3.05, 3.63) is 73.1 Å². The molecule has 6 aromatic rings. The molecule has 0 atom stereocenters. The maximum absolute atomic E-state index is 14.8.